The van der Waals surface area contributed by atoms with Gasteiger partial charge in [-0.1, -0.05) is 67.4 Å². The number of unbranched alkanes of at least 4 members (excludes halogenated alkanes) is 1. The van der Waals surface area contributed by atoms with Crippen LogP contribution in [0.1, 0.15) is 85.8 Å². The first-order valence-corrected chi connectivity index (χ1v) is 10.4. The minimum atomic E-state index is -0.122. The third kappa shape index (κ3) is 7.05. The van der Waals surface area contributed by atoms with Crippen molar-refractivity contribution in [3.05, 3.63) is 29.3 Å². The molecule has 0 aromatic heterocycles. The maximum absolute atomic E-state index is 12.4. The number of hydrogen-bond acceptors (Lipinski definition) is 3. The summed E-state index contributed by atoms with van der Waals surface area (Å²) in [4.78, 5) is 13.5. The smallest absolute Gasteiger partial charge is 0.319 e. The molecule has 0 saturated carbocycles. The Labute approximate surface area is 159 Å². The third-order valence-electron chi connectivity index (χ3n) is 4.29. The highest BCUT2D eigenvalue weighted by Crippen LogP contribution is 2.36. The van der Waals surface area contributed by atoms with Crippen LogP contribution in [0.15, 0.2) is 23.1 Å². The molecule has 0 fully saturated rings. The molecule has 0 aliphatic carbocycles. The first kappa shape index (κ1) is 22.1. The van der Waals surface area contributed by atoms with E-state index in [2.05, 4.69) is 66.7 Å². The minimum absolute atomic E-state index is 0.0828. The molecular formula is C22H36O2S. The molecule has 0 spiro atoms. The zero-order valence-corrected chi connectivity index (χ0v) is 18.2. The first-order valence-electron chi connectivity index (χ1n) is 9.48. The molecule has 1 atom stereocenters. The number of esters is 1. The molecule has 3 heteroatoms. The lowest BCUT2D eigenvalue weighted by Crippen LogP contribution is -2.21. The van der Waals surface area contributed by atoms with Crippen LogP contribution < -0.4 is 0 Å². The Morgan fingerprint density at radius 1 is 1.00 bits per heavy atom. The molecule has 0 N–H and O–H groups in total. The third-order valence-corrected chi connectivity index (χ3v) is 5.51. The van der Waals surface area contributed by atoms with Gasteiger partial charge in [0.1, 0.15) is 5.25 Å². The zero-order valence-electron chi connectivity index (χ0n) is 17.4. The van der Waals surface area contributed by atoms with Gasteiger partial charge in [-0.3, -0.25) is 4.79 Å². The summed E-state index contributed by atoms with van der Waals surface area (Å²) in [6, 6.07) is 6.81. The molecule has 1 unspecified atom stereocenters. The monoisotopic (exact) mass is 364 g/mol. The van der Waals surface area contributed by atoms with Crippen LogP contribution in [0.25, 0.3) is 0 Å². The summed E-state index contributed by atoms with van der Waals surface area (Å²) < 4.78 is 5.31. The molecule has 0 radical (unpaired) electrons. The highest BCUT2D eigenvalue weighted by molar-refractivity contribution is 8.00. The highest BCUT2D eigenvalue weighted by Gasteiger charge is 2.24. The largest absolute Gasteiger partial charge is 0.465 e. The van der Waals surface area contributed by atoms with E-state index in [4.69, 9.17) is 4.74 Å². The van der Waals surface area contributed by atoms with Gasteiger partial charge in [0.25, 0.3) is 0 Å². The van der Waals surface area contributed by atoms with Gasteiger partial charge in [-0.25, -0.2) is 0 Å². The fraction of sp³-hybridized carbons (Fsp3) is 0.682. The first-order chi connectivity index (χ1) is 11.5. The Bertz CT molecular complexity index is 532. The standard InChI is InChI=1S/C22H36O2S/c1-9-11-12-19(20(23)24-10-2)25-18-14-16(21(3,4)5)13-17(15-18)22(6,7)8/h13-15,19H,9-12H2,1-8H3. The number of carbonyl (C=O) groups excluding carboxylic acids is 1. The quantitative estimate of drug-likeness (QED) is 0.408. The van der Waals surface area contributed by atoms with E-state index in [1.807, 2.05) is 6.92 Å². The van der Waals surface area contributed by atoms with Crippen molar-refractivity contribution in [3.8, 4) is 0 Å². The van der Waals surface area contributed by atoms with Gasteiger partial charge >= 0.3 is 5.97 Å². The van der Waals surface area contributed by atoms with Crippen molar-refractivity contribution >= 4 is 17.7 Å². The lowest BCUT2D eigenvalue weighted by atomic mass is 9.81. The summed E-state index contributed by atoms with van der Waals surface area (Å²) in [6.45, 7) is 17.9. The minimum Gasteiger partial charge on any atom is -0.465 e. The van der Waals surface area contributed by atoms with E-state index in [0.29, 0.717) is 6.61 Å². The summed E-state index contributed by atoms with van der Waals surface area (Å²) in [6.07, 6.45) is 3.00. The van der Waals surface area contributed by atoms with Gasteiger partial charge in [-0.05, 0) is 47.4 Å². The SMILES string of the molecule is CCCCC(Sc1cc(C(C)(C)C)cc(C(C)(C)C)c1)C(=O)OCC. The van der Waals surface area contributed by atoms with Gasteiger partial charge in [0.05, 0.1) is 6.61 Å². The molecule has 1 rings (SSSR count). The van der Waals surface area contributed by atoms with Crippen molar-refractivity contribution in [1.29, 1.82) is 0 Å². The molecule has 0 aliphatic heterocycles. The maximum atomic E-state index is 12.4. The van der Waals surface area contributed by atoms with Crippen LogP contribution in [-0.2, 0) is 20.4 Å². The maximum Gasteiger partial charge on any atom is 0.319 e. The Balaban J connectivity index is 3.21. The van der Waals surface area contributed by atoms with Crippen molar-refractivity contribution in [1.82, 2.24) is 0 Å². The zero-order chi connectivity index (χ0) is 19.3. The average molecular weight is 365 g/mol. The molecule has 0 bridgehead atoms. The molecule has 1 aromatic carbocycles. The summed E-state index contributed by atoms with van der Waals surface area (Å²) in [5.41, 5.74) is 2.81. The summed E-state index contributed by atoms with van der Waals surface area (Å²) >= 11 is 1.66. The second-order valence-corrected chi connectivity index (χ2v) is 10.0. The van der Waals surface area contributed by atoms with Crippen LogP contribution in [0, 0.1) is 0 Å². The number of hydrogen-bond donors (Lipinski definition) is 0. The van der Waals surface area contributed by atoms with Crippen LogP contribution in [0.3, 0.4) is 0 Å². The molecule has 0 heterocycles. The topological polar surface area (TPSA) is 26.3 Å². The number of carbonyl (C=O) groups is 1. The molecule has 0 aliphatic rings. The summed E-state index contributed by atoms with van der Waals surface area (Å²) in [5, 5.41) is -0.122. The van der Waals surface area contributed by atoms with Crippen LogP contribution >= 0.6 is 11.8 Å². The fourth-order valence-corrected chi connectivity index (χ4v) is 3.71. The Kier molecular flexibility index (Phi) is 8.05. The van der Waals surface area contributed by atoms with Crippen molar-refractivity contribution in [2.75, 3.05) is 6.61 Å². The lowest BCUT2D eigenvalue weighted by molar-refractivity contribution is -0.142. The molecule has 2 nitrogen and oxygen atoms in total. The second-order valence-electron chi connectivity index (χ2n) is 8.75. The van der Waals surface area contributed by atoms with Gasteiger partial charge in [-0.2, -0.15) is 0 Å². The van der Waals surface area contributed by atoms with E-state index < -0.39 is 0 Å². The Morgan fingerprint density at radius 2 is 1.52 bits per heavy atom. The van der Waals surface area contributed by atoms with Gasteiger partial charge in [0.15, 0.2) is 0 Å². The second kappa shape index (κ2) is 9.12. The van der Waals surface area contributed by atoms with Crippen LogP contribution in [0.2, 0.25) is 0 Å². The molecule has 142 valence electrons. The van der Waals surface area contributed by atoms with E-state index in [1.165, 1.54) is 16.0 Å². The van der Waals surface area contributed by atoms with Crippen molar-refractivity contribution in [2.24, 2.45) is 0 Å². The number of rotatable bonds is 7. The summed E-state index contributed by atoms with van der Waals surface area (Å²) in [7, 11) is 0. The fourth-order valence-electron chi connectivity index (χ4n) is 2.55. The lowest BCUT2D eigenvalue weighted by Gasteiger charge is -2.26. The van der Waals surface area contributed by atoms with Gasteiger partial charge in [0.2, 0.25) is 0 Å². The number of benzene rings is 1. The number of thioether (sulfide) groups is 1. The molecular weight excluding hydrogens is 328 g/mol. The van der Waals surface area contributed by atoms with E-state index in [0.717, 1.165) is 19.3 Å². The molecule has 1 aromatic rings. The Morgan fingerprint density at radius 3 is 1.92 bits per heavy atom. The van der Waals surface area contributed by atoms with E-state index in [-0.39, 0.29) is 22.0 Å². The van der Waals surface area contributed by atoms with E-state index >= 15 is 0 Å². The van der Waals surface area contributed by atoms with Crippen molar-refractivity contribution in [3.63, 3.8) is 0 Å². The van der Waals surface area contributed by atoms with Crippen LogP contribution in [-0.4, -0.2) is 17.8 Å². The Hall–Kier alpha value is -0.960. The van der Waals surface area contributed by atoms with E-state index in [9.17, 15) is 4.79 Å². The predicted molar refractivity (Wildman–Crippen MR) is 110 cm³/mol. The molecule has 0 saturated heterocycles. The number of ether oxygens (including phenoxy) is 1. The highest BCUT2D eigenvalue weighted by atomic mass is 32.2. The summed E-state index contributed by atoms with van der Waals surface area (Å²) in [5.74, 6) is -0.0839. The van der Waals surface area contributed by atoms with E-state index in [1.54, 1.807) is 11.8 Å². The normalized spacial score (nSPS) is 13.6. The van der Waals surface area contributed by atoms with Gasteiger partial charge in [-0.15, -0.1) is 11.8 Å². The van der Waals surface area contributed by atoms with Crippen molar-refractivity contribution < 1.29 is 9.53 Å². The predicted octanol–water partition coefficient (Wildman–Crippen LogP) is 6.50. The average Bonchev–Trinajstić information content (AvgIpc) is 2.49. The molecule has 25 heavy (non-hydrogen) atoms. The van der Waals surface area contributed by atoms with Crippen LogP contribution in [0.4, 0.5) is 0 Å². The van der Waals surface area contributed by atoms with Crippen molar-refractivity contribution in [2.45, 2.75) is 95.6 Å². The van der Waals surface area contributed by atoms with Gasteiger partial charge in [0, 0.05) is 4.90 Å². The van der Waals surface area contributed by atoms with Gasteiger partial charge < -0.3 is 4.74 Å². The molecule has 0 amide bonds. The van der Waals surface area contributed by atoms with Crippen LogP contribution in [0.5, 0.6) is 0 Å².